The van der Waals surface area contributed by atoms with Gasteiger partial charge in [0.15, 0.2) is 6.10 Å². The van der Waals surface area contributed by atoms with Gasteiger partial charge in [0.2, 0.25) is 0 Å². The Balaban J connectivity index is 1.98. The van der Waals surface area contributed by atoms with Crippen LogP contribution in [-0.4, -0.2) is 34.8 Å². The number of hydrogen-bond donors (Lipinski definition) is 2. The second-order valence-corrected chi connectivity index (χ2v) is 6.95. The molecule has 0 spiro atoms. The van der Waals surface area contributed by atoms with Crippen LogP contribution in [0.2, 0.25) is 0 Å². The van der Waals surface area contributed by atoms with E-state index >= 15 is 0 Å². The standard InChI is InChI=1S/C14H19O6P/c15-14(16)13(11-5-2-1-3-6-11)20-21(17,18)10-8-12-7-4-9-19-12/h1-3,5-6,12-13H,4,7-10H2,(H,15,16)(H,17,18). The molecular weight excluding hydrogens is 295 g/mol. The molecule has 1 fully saturated rings. The summed E-state index contributed by atoms with van der Waals surface area (Å²) in [5.74, 6) is -1.28. The van der Waals surface area contributed by atoms with Gasteiger partial charge < -0.3 is 14.7 Å². The van der Waals surface area contributed by atoms with E-state index in [0.717, 1.165) is 12.8 Å². The number of carboxylic acids is 1. The lowest BCUT2D eigenvalue weighted by Crippen LogP contribution is -2.16. The zero-order valence-corrected chi connectivity index (χ0v) is 12.4. The molecular formula is C14H19O6P. The molecule has 1 aromatic rings. The van der Waals surface area contributed by atoms with Gasteiger partial charge in [0.1, 0.15) is 0 Å². The third-order valence-electron chi connectivity index (χ3n) is 3.35. The maximum Gasteiger partial charge on any atom is 0.338 e. The first kappa shape index (κ1) is 16.2. The van der Waals surface area contributed by atoms with Gasteiger partial charge in [0, 0.05) is 6.61 Å². The Hall–Kier alpha value is -1.20. The monoisotopic (exact) mass is 314 g/mol. The molecule has 1 heterocycles. The van der Waals surface area contributed by atoms with E-state index in [2.05, 4.69) is 0 Å². The minimum Gasteiger partial charge on any atom is -0.479 e. The lowest BCUT2D eigenvalue weighted by molar-refractivity contribution is -0.145. The number of ether oxygens (including phenoxy) is 1. The maximum atomic E-state index is 12.1. The van der Waals surface area contributed by atoms with E-state index < -0.39 is 19.7 Å². The Morgan fingerprint density at radius 3 is 2.71 bits per heavy atom. The smallest absolute Gasteiger partial charge is 0.338 e. The van der Waals surface area contributed by atoms with Gasteiger partial charge in [-0.3, -0.25) is 9.09 Å². The van der Waals surface area contributed by atoms with Gasteiger partial charge in [-0.1, -0.05) is 30.3 Å². The maximum absolute atomic E-state index is 12.1. The molecule has 21 heavy (non-hydrogen) atoms. The van der Waals surface area contributed by atoms with E-state index in [4.69, 9.17) is 9.26 Å². The molecule has 2 N–H and O–H groups in total. The topological polar surface area (TPSA) is 93.1 Å². The molecule has 3 unspecified atom stereocenters. The van der Waals surface area contributed by atoms with Crippen LogP contribution >= 0.6 is 7.60 Å². The first-order chi connectivity index (χ1) is 9.98. The van der Waals surface area contributed by atoms with Gasteiger partial charge in [0.25, 0.3) is 0 Å². The van der Waals surface area contributed by atoms with Gasteiger partial charge in [-0.25, -0.2) is 4.79 Å². The molecule has 0 bridgehead atoms. The number of carbonyl (C=O) groups is 1. The highest BCUT2D eigenvalue weighted by Crippen LogP contribution is 2.48. The van der Waals surface area contributed by atoms with Crippen LogP contribution in [0.3, 0.4) is 0 Å². The molecule has 3 atom stereocenters. The molecule has 6 nitrogen and oxygen atoms in total. The van der Waals surface area contributed by atoms with Crippen LogP contribution in [0.4, 0.5) is 0 Å². The molecule has 116 valence electrons. The van der Waals surface area contributed by atoms with Crippen LogP contribution in [0.25, 0.3) is 0 Å². The predicted octanol–water partition coefficient (Wildman–Crippen LogP) is 2.58. The summed E-state index contributed by atoms with van der Waals surface area (Å²) in [6.07, 6.45) is 0.633. The van der Waals surface area contributed by atoms with E-state index in [0.29, 0.717) is 18.6 Å². The Morgan fingerprint density at radius 1 is 1.43 bits per heavy atom. The van der Waals surface area contributed by atoms with Crippen molar-refractivity contribution in [2.75, 3.05) is 12.8 Å². The second-order valence-electron chi connectivity index (χ2n) is 5.02. The van der Waals surface area contributed by atoms with Crippen LogP contribution in [0.5, 0.6) is 0 Å². The minimum atomic E-state index is -3.98. The number of hydrogen-bond acceptors (Lipinski definition) is 4. The van der Waals surface area contributed by atoms with Crippen molar-refractivity contribution in [1.29, 1.82) is 0 Å². The fourth-order valence-electron chi connectivity index (χ4n) is 2.27. The van der Waals surface area contributed by atoms with Crippen molar-refractivity contribution in [2.24, 2.45) is 0 Å². The number of carboxylic acid groups (broad SMARTS) is 1. The van der Waals surface area contributed by atoms with E-state index in [1.54, 1.807) is 30.3 Å². The zero-order valence-electron chi connectivity index (χ0n) is 11.6. The molecule has 0 amide bonds. The Labute approximate surface area is 123 Å². The minimum absolute atomic E-state index is 0.0333. The molecule has 0 radical (unpaired) electrons. The third kappa shape index (κ3) is 4.93. The van der Waals surface area contributed by atoms with Gasteiger partial charge in [-0.15, -0.1) is 0 Å². The van der Waals surface area contributed by atoms with Crippen molar-refractivity contribution >= 4 is 13.6 Å². The fraction of sp³-hybridized carbons (Fsp3) is 0.500. The van der Waals surface area contributed by atoms with Gasteiger partial charge >= 0.3 is 13.6 Å². The van der Waals surface area contributed by atoms with Crippen molar-refractivity contribution in [3.8, 4) is 0 Å². The normalized spacial score (nSPS) is 22.6. The Bertz CT molecular complexity index is 511. The molecule has 7 heteroatoms. The van der Waals surface area contributed by atoms with Crippen molar-refractivity contribution in [2.45, 2.75) is 31.5 Å². The molecule has 0 aliphatic carbocycles. The van der Waals surface area contributed by atoms with E-state index in [-0.39, 0.29) is 12.3 Å². The van der Waals surface area contributed by atoms with E-state index in [9.17, 15) is 19.4 Å². The highest BCUT2D eigenvalue weighted by Gasteiger charge is 2.31. The molecule has 1 aromatic carbocycles. The average Bonchev–Trinajstić information content (AvgIpc) is 2.97. The van der Waals surface area contributed by atoms with Crippen molar-refractivity contribution < 1.29 is 28.6 Å². The van der Waals surface area contributed by atoms with Crippen LogP contribution in [0.1, 0.15) is 30.9 Å². The quantitative estimate of drug-likeness (QED) is 0.751. The Morgan fingerprint density at radius 2 is 2.14 bits per heavy atom. The SMILES string of the molecule is O=C(O)C(OP(=O)(O)CCC1CCCO1)c1ccccc1. The van der Waals surface area contributed by atoms with Gasteiger partial charge in [-0.2, -0.15) is 0 Å². The lowest BCUT2D eigenvalue weighted by Gasteiger charge is -2.19. The molecule has 1 aliphatic rings. The highest BCUT2D eigenvalue weighted by molar-refractivity contribution is 7.52. The van der Waals surface area contributed by atoms with Crippen molar-refractivity contribution in [3.05, 3.63) is 35.9 Å². The highest BCUT2D eigenvalue weighted by atomic mass is 31.2. The Kier molecular flexibility index (Phi) is 5.53. The summed E-state index contributed by atoms with van der Waals surface area (Å²) >= 11 is 0. The molecule has 1 aliphatic heterocycles. The summed E-state index contributed by atoms with van der Waals surface area (Å²) in [5, 5.41) is 9.19. The number of aliphatic carboxylic acids is 1. The summed E-state index contributed by atoms with van der Waals surface area (Å²) in [5.41, 5.74) is 0.344. The van der Waals surface area contributed by atoms with Crippen molar-refractivity contribution in [1.82, 2.24) is 0 Å². The number of rotatable bonds is 7. The second kappa shape index (κ2) is 7.18. The van der Waals surface area contributed by atoms with Gasteiger partial charge in [-0.05, 0) is 24.8 Å². The first-order valence-electron chi connectivity index (χ1n) is 6.87. The first-order valence-corrected chi connectivity index (χ1v) is 8.64. The summed E-state index contributed by atoms with van der Waals surface area (Å²) < 4.78 is 22.5. The van der Waals surface area contributed by atoms with E-state index in [1.165, 1.54) is 0 Å². The summed E-state index contributed by atoms with van der Waals surface area (Å²) in [6, 6.07) is 8.16. The van der Waals surface area contributed by atoms with E-state index in [1.807, 2.05) is 0 Å². The van der Waals surface area contributed by atoms with Gasteiger partial charge in [0.05, 0.1) is 12.3 Å². The molecule has 2 rings (SSSR count). The zero-order chi connectivity index (χ0) is 15.3. The number of benzene rings is 1. The molecule has 1 saturated heterocycles. The fourth-order valence-corrected chi connectivity index (χ4v) is 3.53. The van der Waals surface area contributed by atoms with Crippen LogP contribution in [0.15, 0.2) is 30.3 Å². The predicted molar refractivity (Wildman–Crippen MR) is 76.2 cm³/mol. The van der Waals surface area contributed by atoms with Crippen LogP contribution in [-0.2, 0) is 18.6 Å². The summed E-state index contributed by atoms with van der Waals surface area (Å²) in [7, 11) is -3.98. The summed E-state index contributed by atoms with van der Waals surface area (Å²) in [4.78, 5) is 21.1. The lowest BCUT2D eigenvalue weighted by atomic mass is 10.1. The van der Waals surface area contributed by atoms with Crippen LogP contribution in [0, 0.1) is 0 Å². The molecule has 0 aromatic heterocycles. The summed E-state index contributed by atoms with van der Waals surface area (Å²) in [6.45, 7) is 0.670. The average molecular weight is 314 g/mol. The van der Waals surface area contributed by atoms with Crippen molar-refractivity contribution in [3.63, 3.8) is 0 Å². The molecule has 0 saturated carbocycles. The largest absolute Gasteiger partial charge is 0.479 e. The van der Waals surface area contributed by atoms with Crippen LogP contribution < -0.4 is 0 Å². The third-order valence-corrected chi connectivity index (χ3v) is 4.72.